The zero-order chi connectivity index (χ0) is 19.5. The van der Waals surface area contributed by atoms with Crippen molar-refractivity contribution in [3.63, 3.8) is 0 Å². The molecule has 5 nitrogen and oxygen atoms in total. The molecule has 0 aliphatic heterocycles. The lowest BCUT2D eigenvalue weighted by atomic mass is 9.94. The normalized spacial score (nSPS) is 10.8. The highest BCUT2D eigenvalue weighted by Crippen LogP contribution is 2.34. The van der Waals surface area contributed by atoms with E-state index in [9.17, 15) is 4.79 Å². The van der Waals surface area contributed by atoms with Gasteiger partial charge in [-0.25, -0.2) is 9.48 Å². The van der Waals surface area contributed by atoms with Gasteiger partial charge in [0.1, 0.15) is 11.3 Å². The third kappa shape index (κ3) is 3.22. The highest BCUT2D eigenvalue weighted by molar-refractivity contribution is 6.02. The van der Waals surface area contributed by atoms with Crippen LogP contribution in [-0.2, 0) is 11.2 Å². The summed E-state index contributed by atoms with van der Waals surface area (Å²) in [5.41, 5.74) is 3.63. The second-order valence-corrected chi connectivity index (χ2v) is 6.45. The number of hydrogen-bond acceptors (Lipinski definition) is 4. The summed E-state index contributed by atoms with van der Waals surface area (Å²) >= 11 is 0. The number of carbonyl (C=O) groups excluding carboxylic acids is 1. The number of rotatable bonds is 5. The molecule has 4 rings (SSSR count). The van der Waals surface area contributed by atoms with Crippen LogP contribution in [0.4, 0.5) is 0 Å². The van der Waals surface area contributed by atoms with Crippen molar-refractivity contribution in [1.29, 1.82) is 0 Å². The van der Waals surface area contributed by atoms with Crippen LogP contribution >= 0.6 is 0 Å². The van der Waals surface area contributed by atoms with Gasteiger partial charge in [-0.3, -0.25) is 0 Å². The monoisotopic (exact) mass is 372 g/mol. The van der Waals surface area contributed by atoms with Crippen molar-refractivity contribution in [3.8, 4) is 11.4 Å². The molecule has 3 aromatic carbocycles. The Bertz CT molecular complexity index is 1120. The topological polar surface area (TPSA) is 53.4 Å². The Morgan fingerprint density at radius 2 is 1.75 bits per heavy atom. The third-order valence-electron chi connectivity index (χ3n) is 4.79. The maximum Gasteiger partial charge on any atom is 0.341 e. The summed E-state index contributed by atoms with van der Waals surface area (Å²) in [5, 5.41) is 6.21. The maximum atomic E-state index is 12.3. The smallest absolute Gasteiger partial charge is 0.341 e. The van der Waals surface area contributed by atoms with Crippen molar-refractivity contribution >= 4 is 16.7 Å². The van der Waals surface area contributed by atoms with E-state index in [0.29, 0.717) is 17.7 Å². The Balaban J connectivity index is 1.77. The fraction of sp³-hybridized carbons (Fsp3) is 0.130. The quantitative estimate of drug-likeness (QED) is 0.487. The van der Waals surface area contributed by atoms with Crippen LogP contribution in [-0.4, -0.2) is 30.0 Å². The van der Waals surface area contributed by atoms with Gasteiger partial charge in [0.25, 0.3) is 0 Å². The molecule has 0 saturated heterocycles. The van der Waals surface area contributed by atoms with Gasteiger partial charge in [0, 0.05) is 17.8 Å². The molecule has 0 aliphatic carbocycles. The van der Waals surface area contributed by atoms with Gasteiger partial charge >= 0.3 is 5.97 Å². The predicted octanol–water partition coefficient (Wildman–Crippen LogP) is 4.41. The molecule has 1 heterocycles. The minimum Gasteiger partial charge on any atom is -0.495 e. The molecule has 1 aromatic heterocycles. The minimum absolute atomic E-state index is 0.405. The lowest BCUT2D eigenvalue weighted by molar-refractivity contribution is 0.0597. The van der Waals surface area contributed by atoms with E-state index in [0.717, 1.165) is 27.6 Å². The van der Waals surface area contributed by atoms with Crippen LogP contribution in [0.2, 0.25) is 0 Å². The fourth-order valence-electron chi connectivity index (χ4n) is 3.46. The van der Waals surface area contributed by atoms with Crippen molar-refractivity contribution < 1.29 is 14.3 Å². The first-order chi connectivity index (χ1) is 13.7. The molecule has 0 N–H and O–H groups in total. The Kier molecular flexibility index (Phi) is 4.81. The van der Waals surface area contributed by atoms with Gasteiger partial charge in [-0.05, 0) is 47.2 Å². The predicted molar refractivity (Wildman–Crippen MR) is 108 cm³/mol. The summed E-state index contributed by atoms with van der Waals surface area (Å²) in [4.78, 5) is 12.3. The van der Waals surface area contributed by atoms with E-state index in [1.807, 2.05) is 59.4 Å². The standard InChI is InChI=1S/C23H20N2O3/c1-27-22-20-7-4-3-6-19(20)17(15-21(22)23(26)28-2)14-16-8-10-18(11-9-16)25-13-5-12-24-25/h3-13,15H,14H2,1-2H3. The van der Waals surface area contributed by atoms with Crippen molar-refractivity contribution in [2.45, 2.75) is 6.42 Å². The molecule has 0 amide bonds. The maximum absolute atomic E-state index is 12.3. The first kappa shape index (κ1) is 17.8. The van der Waals surface area contributed by atoms with E-state index in [4.69, 9.17) is 9.47 Å². The van der Waals surface area contributed by atoms with E-state index in [-0.39, 0.29) is 0 Å². The molecule has 28 heavy (non-hydrogen) atoms. The van der Waals surface area contributed by atoms with Crippen molar-refractivity contribution in [1.82, 2.24) is 9.78 Å². The molecule has 0 fully saturated rings. The first-order valence-electron chi connectivity index (χ1n) is 8.97. The Labute approximate surface area is 163 Å². The van der Waals surface area contributed by atoms with Gasteiger partial charge in [-0.15, -0.1) is 0 Å². The third-order valence-corrected chi connectivity index (χ3v) is 4.79. The number of methoxy groups -OCH3 is 2. The van der Waals surface area contributed by atoms with Crippen molar-refractivity contribution in [2.24, 2.45) is 0 Å². The molecule has 0 atom stereocenters. The van der Waals surface area contributed by atoms with Gasteiger partial charge in [-0.1, -0.05) is 36.4 Å². The highest BCUT2D eigenvalue weighted by Gasteiger charge is 2.18. The summed E-state index contributed by atoms with van der Waals surface area (Å²) in [5.74, 6) is 0.137. The van der Waals surface area contributed by atoms with Gasteiger partial charge in [-0.2, -0.15) is 5.10 Å². The van der Waals surface area contributed by atoms with E-state index < -0.39 is 5.97 Å². The first-order valence-corrected chi connectivity index (χ1v) is 8.97. The largest absolute Gasteiger partial charge is 0.495 e. The molecule has 0 bridgehead atoms. The highest BCUT2D eigenvalue weighted by atomic mass is 16.5. The van der Waals surface area contributed by atoms with Crippen LogP contribution in [0.15, 0.2) is 73.1 Å². The van der Waals surface area contributed by atoms with Crippen LogP contribution in [0.25, 0.3) is 16.5 Å². The summed E-state index contributed by atoms with van der Waals surface area (Å²) < 4.78 is 12.3. The second kappa shape index (κ2) is 7.56. The van der Waals surface area contributed by atoms with Crippen LogP contribution < -0.4 is 4.74 Å². The van der Waals surface area contributed by atoms with Crippen LogP contribution in [0, 0.1) is 0 Å². The Hall–Kier alpha value is -3.60. The average Bonchev–Trinajstić information content (AvgIpc) is 3.28. The van der Waals surface area contributed by atoms with Crippen molar-refractivity contribution in [2.75, 3.05) is 14.2 Å². The van der Waals surface area contributed by atoms with E-state index >= 15 is 0 Å². The van der Waals surface area contributed by atoms with Gasteiger partial charge in [0.05, 0.1) is 19.9 Å². The zero-order valence-corrected chi connectivity index (χ0v) is 15.8. The van der Waals surface area contributed by atoms with E-state index in [1.54, 1.807) is 13.3 Å². The summed E-state index contributed by atoms with van der Waals surface area (Å²) in [6.07, 6.45) is 4.36. The van der Waals surface area contributed by atoms with Crippen LogP contribution in [0.5, 0.6) is 5.75 Å². The molecular weight excluding hydrogens is 352 g/mol. The van der Waals surface area contributed by atoms with E-state index in [1.165, 1.54) is 7.11 Å². The van der Waals surface area contributed by atoms with Gasteiger partial charge in [0.15, 0.2) is 0 Å². The molecule has 0 radical (unpaired) electrons. The SMILES string of the molecule is COC(=O)c1cc(Cc2ccc(-n3cccn3)cc2)c2ccccc2c1OC. The minimum atomic E-state index is -0.405. The number of fused-ring (bicyclic) bond motifs is 1. The number of esters is 1. The average molecular weight is 372 g/mol. The molecule has 0 saturated carbocycles. The number of hydrogen-bond donors (Lipinski definition) is 0. The molecule has 0 spiro atoms. The second-order valence-electron chi connectivity index (χ2n) is 6.45. The Morgan fingerprint density at radius 1 is 1.00 bits per heavy atom. The molecule has 0 unspecified atom stereocenters. The summed E-state index contributed by atoms with van der Waals surface area (Å²) in [6, 6.07) is 19.9. The number of nitrogens with zero attached hydrogens (tertiary/aromatic N) is 2. The molecule has 4 aromatic rings. The van der Waals surface area contributed by atoms with Gasteiger partial charge < -0.3 is 9.47 Å². The number of benzene rings is 3. The lowest BCUT2D eigenvalue weighted by Gasteiger charge is -2.15. The molecule has 0 aliphatic rings. The zero-order valence-electron chi connectivity index (χ0n) is 15.8. The van der Waals surface area contributed by atoms with Crippen LogP contribution in [0.1, 0.15) is 21.5 Å². The van der Waals surface area contributed by atoms with Crippen molar-refractivity contribution in [3.05, 3.63) is 89.7 Å². The Morgan fingerprint density at radius 3 is 2.39 bits per heavy atom. The number of aromatic nitrogens is 2. The van der Waals surface area contributed by atoms with Gasteiger partial charge in [0.2, 0.25) is 0 Å². The lowest BCUT2D eigenvalue weighted by Crippen LogP contribution is -2.06. The van der Waals surface area contributed by atoms with Crippen LogP contribution in [0.3, 0.4) is 0 Å². The molecular formula is C23H20N2O3. The molecule has 5 heteroatoms. The van der Waals surface area contributed by atoms with E-state index in [2.05, 4.69) is 17.2 Å². The number of carbonyl (C=O) groups is 1. The summed E-state index contributed by atoms with van der Waals surface area (Å²) in [7, 11) is 2.95. The fourth-order valence-corrected chi connectivity index (χ4v) is 3.46. The summed E-state index contributed by atoms with van der Waals surface area (Å²) in [6.45, 7) is 0. The molecule has 140 valence electrons. The number of ether oxygens (including phenoxy) is 2.